The van der Waals surface area contributed by atoms with Gasteiger partial charge in [-0.05, 0) is 22.9 Å². The van der Waals surface area contributed by atoms with Gasteiger partial charge in [-0.15, -0.1) is 10.2 Å². The van der Waals surface area contributed by atoms with Gasteiger partial charge in [0.25, 0.3) is 0 Å². The fraction of sp³-hybridized carbons (Fsp3) is 0.200. The number of carbonyl (C=O) groups excluding carboxylic acids is 1. The van der Waals surface area contributed by atoms with Crippen molar-refractivity contribution in [2.75, 3.05) is 6.61 Å². The third-order valence-corrected chi connectivity index (χ3v) is 2.50. The van der Waals surface area contributed by atoms with Crippen LogP contribution in [-0.2, 0) is 4.74 Å². The molecule has 18 heavy (non-hydrogen) atoms. The summed E-state index contributed by atoms with van der Waals surface area (Å²) in [6.45, 7) is 0.00599. The first-order valence-electron chi connectivity index (χ1n) is 5.07. The van der Waals surface area contributed by atoms with Crippen LogP contribution in [0.2, 0.25) is 5.02 Å². The Morgan fingerprint density at radius 2 is 2.39 bits per heavy atom. The van der Waals surface area contributed by atoms with Crippen LogP contribution in [0.15, 0.2) is 30.6 Å². The van der Waals surface area contributed by atoms with E-state index in [1.807, 2.05) is 6.07 Å². The summed E-state index contributed by atoms with van der Waals surface area (Å²) in [5.41, 5.74) is 5.74. The molecule has 0 bridgehead atoms. The number of carbonyl (C=O) groups is 1. The summed E-state index contributed by atoms with van der Waals surface area (Å²) < 4.78 is 4.79. The van der Waals surface area contributed by atoms with Crippen molar-refractivity contribution >= 4 is 17.7 Å². The quantitative estimate of drug-likeness (QED) is 0.892. The maximum Gasteiger partial charge on any atom is 0.404 e. The number of benzene rings is 1. The van der Waals surface area contributed by atoms with Crippen molar-refractivity contribution in [1.29, 1.82) is 0 Å². The van der Waals surface area contributed by atoms with E-state index in [-0.39, 0.29) is 6.61 Å². The molecule has 1 aromatic heterocycles. The zero-order valence-corrected chi connectivity index (χ0v) is 9.99. The molecule has 0 aliphatic rings. The number of aromatic nitrogens is 4. The highest BCUT2D eigenvalue weighted by Gasteiger charge is 2.18. The second-order valence-corrected chi connectivity index (χ2v) is 3.89. The molecule has 0 aliphatic heterocycles. The SMILES string of the molecule is NC(=O)OCC(c1cccc(Cl)c1)n1ncnn1. The van der Waals surface area contributed by atoms with Crippen LogP contribution in [-0.4, -0.2) is 32.9 Å². The standard InChI is InChI=1S/C10H10ClN5O2/c11-8-3-1-2-7(4-8)9(5-18-10(12)17)16-14-6-13-15-16/h1-4,6,9H,5H2,(H2,12,17). The lowest BCUT2D eigenvalue weighted by molar-refractivity contribution is 0.139. The average molecular weight is 268 g/mol. The van der Waals surface area contributed by atoms with Gasteiger partial charge in [-0.1, -0.05) is 23.7 Å². The van der Waals surface area contributed by atoms with E-state index < -0.39 is 12.1 Å². The van der Waals surface area contributed by atoms with Crippen LogP contribution in [0.1, 0.15) is 11.6 Å². The Labute approximate surface area is 107 Å². The number of ether oxygens (including phenoxy) is 1. The van der Waals surface area contributed by atoms with Gasteiger partial charge < -0.3 is 10.5 Å². The molecule has 0 aliphatic carbocycles. The molecule has 0 saturated heterocycles. The number of tetrazole rings is 1. The molecule has 1 heterocycles. The van der Waals surface area contributed by atoms with Gasteiger partial charge in [-0.3, -0.25) is 0 Å². The van der Waals surface area contributed by atoms with Crippen LogP contribution < -0.4 is 5.73 Å². The maximum atomic E-state index is 10.7. The van der Waals surface area contributed by atoms with Crippen LogP contribution in [0, 0.1) is 0 Å². The Morgan fingerprint density at radius 1 is 1.56 bits per heavy atom. The van der Waals surface area contributed by atoms with Crippen molar-refractivity contribution in [3.05, 3.63) is 41.2 Å². The molecular weight excluding hydrogens is 258 g/mol. The highest BCUT2D eigenvalue weighted by atomic mass is 35.5. The van der Waals surface area contributed by atoms with Crippen molar-refractivity contribution in [3.63, 3.8) is 0 Å². The molecule has 0 radical (unpaired) electrons. The number of amides is 1. The summed E-state index contributed by atoms with van der Waals surface area (Å²) >= 11 is 5.91. The van der Waals surface area contributed by atoms with Gasteiger partial charge in [0.1, 0.15) is 12.6 Å². The van der Waals surface area contributed by atoms with E-state index in [1.165, 1.54) is 11.1 Å². The minimum Gasteiger partial charge on any atom is -0.447 e. The number of hydrogen-bond acceptors (Lipinski definition) is 5. The molecule has 1 atom stereocenters. The van der Waals surface area contributed by atoms with E-state index in [2.05, 4.69) is 15.4 Å². The summed E-state index contributed by atoms with van der Waals surface area (Å²) in [5.74, 6) is 0. The number of nitrogens with two attached hydrogens (primary N) is 1. The average Bonchev–Trinajstić information content (AvgIpc) is 2.83. The van der Waals surface area contributed by atoms with E-state index in [0.717, 1.165) is 5.56 Å². The van der Waals surface area contributed by atoms with Gasteiger partial charge in [0.15, 0.2) is 6.33 Å². The highest BCUT2D eigenvalue weighted by Crippen LogP contribution is 2.20. The lowest BCUT2D eigenvalue weighted by Gasteiger charge is -2.15. The first-order valence-corrected chi connectivity index (χ1v) is 5.45. The van der Waals surface area contributed by atoms with E-state index in [0.29, 0.717) is 5.02 Å². The fourth-order valence-corrected chi connectivity index (χ4v) is 1.69. The topological polar surface area (TPSA) is 95.9 Å². The molecule has 0 spiro atoms. The van der Waals surface area contributed by atoms with Crippen LogP contribution in [0.25, 0.3) is 0 Å². The molecule has 0 fully saturated rings. The predicted molar refractivity (Wildman–Crippen MR) is 62.9 cm³/mol. The molecule has 7 nitrogen and oxygen atoms in total. The minimum absolute atomic E-state index is 0.00599. The van der Waals surface area contributed by atoms with Crippen LogP contribution in [0.4, 0.5) is 4.79 Å². The number of hydrogen-bond donors (Lipinski definition) is 1. The fourth-order valence-electron chi connectivity index (χ4n) is 1.49. The van der Waals surface area contributed by atoms with Crippen molar-refractivity contribution in [2.45, 2.75) is 6.04 Å². The van der Waals surface area contributed by atoms with E-state index in [1.54, 1.807) is 18.2 Å². The largest absolute Gasteiger partial charge is 0.447 e. The molecule has 1 unspecified atom stereocenters. The summed E-state index contributed by atoms with van der Waals surface area (Å²) in [6, 6.07) is 6.67. The lowest BCUT2D eigenvalue weighted by Crippen LogP contribution is -2.24. The molecule has 2 aromatic rings. The van der Waals surface area contributed by atoms with Crippen molar-refractivity contribution in [1.82, 2.24) is 20.2 Å². The van der Waals surface area contributed by atoms with Gasteiger partial charge in [-0.25, -0.2) is 4.79 Å². The lowest BCUT2D eigenvalue weighted by atomic mass is 10.1. The molecule has 2 rings (SSSR count). The highest BCUT2D eigenvalue weighted by molar-refractivity contribution is 6.30. The van der Waals surface area contributed by atoms with Gasteiger partial charge >= 0.3 is 6.09 Å². The molecule has 0 saturated carbocycles. The van der Waals surface area contributed by atoms with Gasteiger partial charge in [-0.2, -0.15) is 4.80 Å². The predicted octanol–water partition coefficient (Wildman–Crippen LogP) is 1.01. The van der Waals surface area contributed by atoms with Crippen molar-refractivity contribution in [2.24, 2.45) is 5.73 Å². The van der Waals surface area contributed by atoms with Gasteiger partial charge in [0.05, 0.1) is 0 Å². The molecule has 2 N–H and O–H groups in total. The first-order chi connectivity index (χ1) is 8.66. The zero-order chi connectivity index (χ0) is 13.0. The first kappa shape index (κ1) is 12.3. The van der Waals surface area contributed by atoms with Crippen LogP contribution in [0.3, 0.4) is 0 Å². The summed E-state index contributed by atoms with van der Waals surface area (Å²) in [6.07, 6.45) is 0.434. The van der Waals surface area contributed by atoms with Gasteiger partial charge in [0.2, 0.25) is 0 Å². The Bertz CT molecular complexity index is 531. The third kappa shape index (κ3) is 2.95. The molecule has 94 valence electrons. The van der Waals surface area contributed by atoms with Crippen molar-refractivity contribution in [3.8, 4) is 0 Å². The third-order valence-electron chi connectivity index (χ3n) is 2.26. The Kier molecular flexibility index (Phi) is 3.73. The number of rotatable bonds is 4. The van der Waals surface area contributed by atoms with E-state index >= 15 is 0 Å². The molecular formula is C10H10ClN5O2. The normalized spacial score (nSPS) is 12.1. The Morgan fingerprint density at radius 3 is 3.00 bits per heavy atom. The molecule has 1 amide bonds. The second kappa shape index (κ2) is 5.46. The zero-order valence-electron chi connectivity index (χ0n) is 9.23. The van der Waals surface area contributed by atoms with E-state index in [4.69, 9.17) is 22.1 Å². The summed E-state index contributed by atoms with van der Waals surface area (Å²) in [7, 11) is 0. The number of halogens is 1. The maximum absolute atomic E-state index is 10.7. The smallest absolute Gasteiger partial charge is 0.404 e. The van der Waals surface area contributed by atoms with Crippen LogP contribution >= 0.6 is 11.6 Å². The molecule has 1 aromatic carbocycles. The minimum atomic E-state index is -0.859. The Hall–Kier alpha value is -2.15. The van der Waals surface area contributed by atoms with Crippen molar-refractivity contribution < 1.29 is 9.53 Å². The number of nitrogens with zero attached hydrogens (tertiary/aromatic N) is 4. The van der Waals surface area contributed by atoms with E-state index in [9.17, 15) is 4.79 Å². The summed E-state index contributed by atoms with van der Waals surface area (Å²) in [4.78, 5) is 12.0. The summed E-state index contributed by atoms with van der Waals surface area (Å²) in [5, 5.41) is 11.9. The second-order valence-electron chi connectivity index (χ2n) is 3.46. The Balaban J connectivity index is 2.27. The van der Waals surface area contributed by atoms with Gasteiger partial charge in [0, 0.05) is 5.02 Å². The molecule has 8 heteroatoms. The van der Waals surface area contributed by atoms with Crippen LogP contribution in [0.5, 0.6) is 0 Å². The monoisotopic (exact) mass is 267 g/mol. The number of primary amides is 1.